The minimum absolute atomic E-state index is 0.00814. The van der Waals surface area contributed by atoms with Crippen LogP contribution in [0.5, 0.6) is 11.6 Å². The van der Waals surface area contributed by atoms with Crippen molar-refractivity contribution in [1.29, 1.82) is 0 Å². The summed E-state index contributed by atoms with van der Waals surface area (Å²) >= 11 is 0. The molecule has 0 bridgehead atoms. The molecule has 0 aliphatic carbocycles. The van der Waals surface area contributed by atoms with Crippen molar-refractivity contribution in [3.8, 4) is 11.6 Å². The molecule has 0 atom stereocenters. The van der Waals surface area contributed by atoms with Crippen molar-refractivity contribution >= 4 is 17.1 Å². The molecule has 0 unspecified atom stereocenters. The van der Waals surface area contributed by atoms with Gasteiger partial charge in [0.25, 0.3) is 5.91 Å². The molecular weight excluding hydrogens is 318 g/mol. The summed E-state index contributed by atoms with van der Waals surface area (Å²) in [5.41, 5.74) is 1.00. The molecule has 0 saturated carbocycles. The molecule has 0 spiro atoms. The highest BCUT2D eigenvalue weighted by molar-refractivity contribution is 6.04. The van der Waals surface area contributed by atoms with E-state index in [1.807, 2.05) is 13.8 Å². The van der Waals surface area contributed by atoms with Crippen LogP contribution in [0.3, 0.4) is 0 Å². The monoisotopic (exact) mass is 332 g/mol. The predicted octanol–water partition coefficient (Wildman–Crippen LogP) is 3.17. The molecule has 124 valence electrons. The summed E-state index contributed by atoms with van der Waals surface area (Å²) in [6.45, 7) is 3.68. The van der Waals surface area contributed by atoms with Gasteiger partial charge in [-0.3, -0.25) is 4.79 Å². The van der Waals surface area contributed by atoms with Gasteiger partial charge in [0.15, 0.2) is 17.2 Å². The zero-order valence-electron chi connectivity index (χ0n) is 12.9. The summed E-state index contributed by atoms with van der Waals surface area (Å²) < 4.78 is 31.9. The van der Waals surface area contributed by atoms with Gasteiger partial charge in [-0.15, -0.1) is 0 Å². The Morgan fingerprint density at radius 1 is 1.33 bits per heavy atom. The van der Waals surface area contributed by atoms with Crippen LogP contribution < -0.4 is 10.1 Å². The average Bonchev–Trinajstić information content (AvgIpc) is 2.92. The zero-order valence-corrected chi connectivity index (χ0v) is 12.9. The van der Waals surface area contributed by atoms with Gasteiger partial charge in [0, 0.05) is 18.3 Å². The van der Waals surface area contributed by atoms with E-state index in [-0.39, 0.29) is 23.6 Å². The van der Waals surface area contributed by atoms with Gasteiger partial charge in [0.05, 0.1) is 11.8 Å². The molecule has 0 aliphatic heterocycles. The van der Waals surface area contributed by atoms with Crippen LogP contribution in [0.15, 0.2) is 30.6 Å². The first-order chi connectivity index (χ1) is 11.4. The Morgan fingerprint density at radius 2 is 2.12 bits per heavy atom. The molecule has 3 rings (SSSR count). The van der Waals surface area contributed by atoms with E-state index in [1.165, 1.54) is 12.4 Å². The third kappa shape index (κ3) is 3.17. The Hall–Kier alpha value is -3.03. The minimum Gasteiger partial charge on any atom is -0.434 e. The number of carbonyl (C=O) groups is 1. The number of ether oxygens (including phenoxy) is 1. The van der Waals surface area contributed by atoms with E-state index in [9.17, 15) is 13.6 Å². The van der Waals surface area contributed by atoms with Crippen LogP contribution in [-0.2, 0) is 0 Å². The maximum absolute atomic E-state index is 13.7. The molecule has 0 fully saturated rings. The maximum Gasteiger partial charge on any atom is 0.255 e. The molecule has 1 aromatic carbocycles. The number of nitrogens with one attached hydrogen (secondary N) is 2. The topological polar surface area (TPSA) is 79.9 Å². The molecule has 24 heavy (non-hydrogen) atoms. The lowest BCUT2D eigenvalue weighted by molar-refractivity contribution is 0.0944. The largest absolute Gasteiger partial charge is 0.434 e. The van der Waals surface area contributed by atoms with Crippen molar-refractivity contribution in [3.63, 3.8) is 0 Å². The molecule has 6 nitrogen and oxygen atoms in total. The zero-order chi connectivity index (χ0) is 17.3. The number of rotatable bonds is 4. The lowest BCUT2D eigenvalue weighted by Gasteiger charge is -2.08. The van der Waals surface area contributed by atoms with Crippen LogP contribution in [0, 0.1) is 11.6 Å². The second-order valence-corrected chi connectivity index (χ2v) is 5.41. The van der Waals surface area contributed by atoms with Gasteiger partial charge in [0.2, 0.25) is 5.88 Å². The second-order valence-electron chi connectivity index (χ2n) is 5.41. The van der Waals surface area contributed by atoms with Crippen LogP contribution in [-0.4, -0.2) is 26.9 Å². The Morgan fingerprint density at radius 3 is 2.83 bits per heavy atom. The fourth-order valence-corrected chi connectivity index (χ4v) is 2.11. The molecule has 2 aromatic heterocycles. The van der Waals surface area contributed by atoms with Crippen molar-refractivity contribution < 1.29 is 18.3 Å². The molecule has 2 heterocycles. The maximum atomic E-state index is 13.7. The van der Waals surface area contributed by atoms with E-state index in [4.69, 9.17) is 4.74 Å². The summed E-state index contributed by atoms with van der Waals surface area (Å²) in [6, 6.07) is 2.89. The van der Waals surface area contributed by atoms with Crippen LogP contribution in [0.25, 0.3) is 11.2 Å². The Kier molecular flexibility index (Phi) is 4.11. The van der Waals surface area contributed by atoms with Crippen LogP contribution in [0.1, 0.15) is 24.2 Å². The number of benzene rings is 1. The van der Waals surface area contributed by atoms with Crippen molar-refractivity contribution in [1.82, 2.24) is 20.3 Å². The Balaban J connectivity index is 1.94. The van der Waals surface area contributed by atoms with Gasteiger partial charge >= 0.3 is 0 Å². The van der Waals surface area contributed by atoms with E-state index < -0.39 is 11.6 Å². The summed E-state index contributed by atoms with van der Waals surface area (Å²) in [7, 11) is 0. The Bertz CT molecular complexity index is 908. The van der Waals surface area contributed by atoms with Crippen molar-refractivity contribution in [2.45, 2.75) is 19.9 Å². The van der Waals surface area contributed by atoms with E-state index in [0.717, 1.165) is 12.1 Å². The fraction of sp³-hybridized carbons (Fsp3) is 0.188. The summed E-state index contributed by atoms with van der Waals surface area (Å²) in [5.74, 6) is -2.07. The van der Waals surface area contributed by atoms with Crippen LogP contribution in [0.2, 0.25) is 0 Å². The quantitative estimate of drug-likeness (QED) is 0.769. The van der Waals surface area contributed by atoms with Crippen LogP contribution >= 0.6 is 0 Å². The van der Waals surface area contributed by atoms with Gasteiger partial charge in [-0.25, -0.2) is 18.7 Å². The average molecular weight is 332 g/mol. The lowest BCUT2D eigenvalue weighted by atomic mass is 10.2. The predicted molar refractivity (Wildman–Crippen MR) is 82.9 cm³/mol. The highest BCUT2D eigenvalue weighted by atomic mass is 19.1. The summed E-state index contributed by atoms with van der Waals surface area (Å²) in [5, 5.41) is 2.75. The number of nitrogens with zero attached hydrogens (tertiary/aromatic N) is 2. The fourth-order valence-electron chi connectivity index (χ4n) is 2.11. The highest BCUT2D eigenvalue weighted by Gasteiger charge is 2.16. The number of halogens is 2. The van der Waals surface area contributed by atoms with E-state index in [0.29, 0.717) is 22.8 Å². The standard InChI is InChI=1S/C16H14F2N4O2/c1-8(2)21-16(23)10-6-19-15-14(10)22-13(7-20-15)24-12-4-3-9(17)5-11(12)18/h3-8H,1-2H3,(H,19,20)(H,21,23). The summed E-state index contributed by atoms with van der Waals surface area (Å²) in [4.78, 5) is 23.3. The third-order valence-electron chi connectivity index (χ3n) is 3.13. The molecular formula is C16H14F2N4O2. The Labute approximate surface area is 135 Å². The second kappa shape index (κ2) is 6.23. The van der Waals surface area contributed by atoms with E-state index in [2.05, 4.69) is 20.3 Å². The van der Waals surface area contributed by atoms with Crippen molar-refractivity contribution in [2.75, 3.05) is 0 Å². The first-order valence-electron chi connectivity index (χ1n) is 7.22. The van der Waals surface area contributed by atoms with E-state index >= 15 is 0 Å². The number of H-pyrrole nitrogens is 1. The van der Waals surface area contributed by atoms with E-state index in [1.54, 1.807) is 0 Å². The number of hydrogen-bond acceptors (Lipinski definition) is 4. The number of carbonyl (C=O) groups excluding carboxylic acids is 1. The van der Waals surface area contributed by atoms with Gasteiger partial charge in [-0.05, 0) is 26.0 Å². The smallest absolute Gasteiger partial charge is 0.255 e. The molecule has 0 radical (unpaired) electrons. The number of aromatic nitrogens is 3. The lowest BCUT2D eigenvalue weighted by Crippen LogP contribution is -2.29. The van der Waals surface area contributed by atoms with Crippen molar-refractivity contribution in [3.05, 3.63) is 47.8 Å². The number of amides is 1. The first kappa shape index (κ1) is 15.9. The van der Waals surface area contributed by atoms with Gasteiger partial charge in [0.1, 0.15) is 11.3 Å². The van der Waals surface area contributed by atoms with Gasteiger partial charge in [-0.2, -0.15) is 0 Å². The molecule has 8 heteroatoms. The number of fused-ring (bicyclic) bond motifs is 1. The van der Waals surface area contributed by atoms with Gasteiger partial charge < -0.3 is 15.0 Å². The molecule has 0 aliphatic rings. The summed E-state index contributed by atoms with van der Waals surface area (Å²) in [6.07, 6.45) is 2.77. The minimum atomic E-state index is -0.858. The number of aromatic amines is 1. The van der Waals surface area contributed by atoms with Crippen molar-refractivity contribution in [2.24, 2.45) is 0 Å². The molecule has 1 amide bonds. The third-order valence-corrected chi connectivity index (χ3v) is 3.13. The number of hydrogen-bond donors (Lipinski definition) is 2. The molecule has 0 saturated heterocycles. The first-order valence-corrected chi connectivity index (χ1v) is 7.22. The van der Waals surface area contributed by atoms with Crippen LogP contribution in [0.4, 0.5) is 8.78 Å². The molecule has 2 N–H and O–H groups in total. The SMILES string of the molecule is CC(C)NC(=O)c1c[nH]c2ncc(Oc3ccc(F)cc3F)nc12. The highest BCUT2D eigenvalue weighted by Crippen LogP contribution is 2.25. The normalized spacial score (nSPS) is 11.0. The van der Waals surface area contributed by atoms with Gasteiger partial charge in [-0.1, -0.05) is 0 Å². The molecule has 3 aromatic rings.